The van der Waals surface area contributed by atoms with Crippen LogP contribution < -0.4 is 9.47 Å². The van der Waals surface area contributed by atoms with E-state index in [1.165, 1.54) is 0 Å². The molecule has 4 heterocycles. The Balaban J connectivity index is 1.48. The molecule has 2 aromatic rings. The highest BCUT2D eigenvalue weighted by Crippen LogP contribution is 2.49. The van der Waals surface area contributed by atoms with Crippen LogP contribution in [0.2, 0.25) is 0 Å². The number of hydrogen-bond acceptors (Lipinski definition) is 6. The Hall–Kier alpha value is -3.00. The number of nitrogens with zero attached hydrogens (tertiary/aromatic N) is 4. The van der Waals surface area contributed by atoms with Gasteiger partial charge in [0, 0.05) is 55.0 Å². The van der Waals surface area contributed by atoms with Crippen LogP contribution in [0.25, 0.3) is 0 Å². The number of likely N-dealkylation sites (tertiary alicyclic amines) is 1. The number of aryl methyl sites for hydroxylation is 1. The lowest BCUT2D eigenvalue weighted by molar-refractivity contribution is 0.0886. The second-order valence-electron chi connectivity index (χ2n) is 9.57. The van der Waals surface area contributed by atoms with Crippen LogP contribution in [0.5, 0.6) is 11.5 Å². The van der Waals surface area contributed by atoms with Gasteiger partial charge in [-0.3, -0.25) is 9.80 Å². The fraction of sp³-hybridized carbons (Fsp3) is 0.538. The highest BCUT2D eigenvalue weighted by atomic mass is 16.5. The van der Waals surface area contributed by atoms with Gasteiger partial charge in [0.05, 0.1) is 32.5 Å². The van der Waals surface area contributed by atoms with E-state index in [0.717, 1.165) is 72.1 Å². The van der Waals surface area contributed by atoms with Crippen LogP contribution in [-0.4, -0.2) is 65.3 Å². The van der Waals surface area contributed by atoms with Crippen LogP contribution in [0.1, 0.15) is 55.1 Å². The first-order valence-electron chi connectivity index (χ1n) is 12.1. The van der Waals surface area contributed by atoms with Crippen LogP contribution in [0.3, 0.4) is 0 Å². The maximum absolute atomic E-state index is 13.7. The van der Waals surface area contributed by atoms with E-state index in [1.54, 1.807) is 14.2 Å². The molecule has 8 heteroatoms. The minimum Gasteiger partial charge on any atom is -0.497 e. The summed E-state index contributed by atoms with van der Waals surface area (Å²) in [5.74, 6) is 2.56. The van der Waals surface area contributed by atoms with Gasteiger partial charge in [0.15, 0.2) is 0 Å². The van der Waals surface area contributed by atoms with Crippen LogP contribution >= 0.6 is 0 Å². The molecule has 0 aliphatic carbocycles. The molecule has 3 aliphatic rings. The molecule has 182 valence electrons. The standard InChI is InChI=1S/C26H34N4O4/c1-6-30-25(31)29-16-19-12-21(32-4)13-22(33-5)24(19)17(2)11-23(29)26(30)7-9-28(10-8-26)15-20-14-27-34-18(20)3/h11-14,17H,6-10,15-16H2,1-5H3/t17-/m0/s1. The van der Waals surface area contributed by atoms with E-state index >= 15 is 0 Å². The van der Waals surface area contributed by atoms with E-state index in [2.05, 4.69) is 34.9 Å². The maximum atomic E-state index is 13.7. The summed E-state index contributed by atoms with van der Waals surface area (Å²) in [5, 5.41) is 3.92. The molecule has 0 radical (unpaired) electrons. The molecule has 3 aliphatic heterocycles. The van der Waals surface area contributed by atoms with Crippen molar-refractivity contribution in [2.45, 2.75) is 58.2 Å². The van der Waals surface area contributed by atoms with Crippen LogP contribution in [-0.2, 0) is 13.1 Å². The number of amides is 2. The van der Waals surface area contributed by atoms with Gasteiger partial charge >= 0.3 is 6.03 Å². The molecule has 2 saturated heterocycles. The molecular weight excluding hydrogens is 432 g/mol. The monoisotopic (exact) mass is 466 g/mol. The number of ether oxygens (including phenoxy) is 2. The van der Waals surface area contributed by atoms with Crippen molar-refractivity contribution >= 4 is 6.03 Å². The summed E-state index contributed by atoms with van der Waals surface area (Å²) < 4.78 is 16.5. The third-order valence-electron chi connectivity index (χ3n) is 7.84. The molecular formula is C26H34N4O4. The predicted octanol–water partition coefficient (Wildman–Crippen LogP) is 4.29. The molecule has 2 fully saturated rings. The van der Waals surface area contributed by atoms with E-state index in [4.69, 9.17) is 14.0 Å². The number of piperidine rings is 1. The Morgan fingerprint density at radius 1 is 1.21 bits per heavy atom. The fourth-order valence-corrected chi connectivity index (χ4v) is 6.06. The molecule has 1 aromatic carbocycles. The summed E-state index contributed by atoms with van der Waals surface area (Å²) in [6.45, 7) is 10.1. The number of carbonyl (C=O) groups is 1. The van der Waals surface area contributed by atoms with E-state index in [9.17, 15) is 4.79 Å². The number of likely N-dealkylation sites (N-methyl/N-ethyl adjacent to an activating group) is 1. The topological polar surface area (TPSA) is 71.3 Å². The van der Waals surface area contributed by atoms with Gasteiger partial charge in [0.2, 0.25) is 0 Å². The summed E-state index contributed by atoms with van der Waals surface area (Å²) in [6.07, 6.45) is 5.92. The summed E-state index contributed by atoms with van der Waals surface area (Å²) in [6, 6.07) is 4.08. The van der Waals surface area contributed by atoms with Gasteiger partial charge in [-0.2, -0.15) is 0 Å². The number of carbonyl (C=O) groups excluding carboxylic acids is 1. The summed E-state index contributed by atoms with van der Waals surface area (Å²) in [4.78, 5) is 20.2. The first kappa shape index (κ1) is 22.8. The van der Waals surface area contributed by atoms with Crippen molar-refractivity contribution < 1.29 is 18.8 Å². The lowest BCUT2D eigenvalue weighted by Crippen LogP contribution is -2.53. The van der Waals surface area contributed by atoms with Crippen LogP contribution in [0, 0.1) is 6.92 Å². The molecule has 34 heavy (non-hydrogen) atoms. The number of rotatable bonds is 5. The number of hydrogen-bond donors (Lipinski definition) is 0. The van der Waals surface area contributed by atoms with Gasteiger partial charge in [-0.1, -0.05) is 18.2 Å². The van der Waals surface area contributed by atoms with E-state index < -0.39 is 0 Å². The largest absolute Gasteiger partial charge is 0.497 e. The zero-order valence-corrected chi connectivity index (χ0v) is 20.8. The smallest absolute Gasteiger partial charge is 0.325 e. The van der Waals surface area contributed by atoms with Crippen molar-refractivity contribution in [2.75, 3.05) is 33.9 Å². The number of aromatic nitrogens is 1. The highest BCUT2D eigenvalue weighted by Gasteiger charge is 2.54. The van der Waals surface area contributed by atoms with Crippen molar-refractivity contribution in [1.29, 1.82) is 0 Å². The van der Waals surface area contributed by atoms with Gasteiger partial charge in [-0.15, -0.1) is 0 Å². The molecule has 0 N–H and O–H groups in total. The molecule has 0 bridgehead atoms. The molecule has 0 unspecified atom stereocenters. The minimum absolute atomic E-state index is 0.0962. The summed E-state index contributed by atoms with van der Waals surface area (Å²) in [7, 11) is 3.36. The summed E-state index contributed by atoms with van der Waals surface area (Å²) in [5.41, 5.74) is 4.21. The average Bonchev–Trinajstić information content (AvgIpc) is 3.27. The van der Waals surface area contributed by atoms with Crippen molar-refractivity contribution in [3.8, 4) is 11.5 Å². The zero-order valence-electron chi connectivity index (χ0n) is 20.8. The second-order valence-corrected chi connectivity index (χ2v) is 9.57. The Morgan fingerprint density at radius 2 is 1.97 bits per heavy atom. The molecule has 1 atom stereocenters. The third-order valence-corrected chi connectivity index (χ3v) is 7.84. The summed E-state index contributed by atoms with van der Waals surface area (Å²) >= 11 is 0. The Kier molecular flexibility index (Phi) is 5.80. The number of methoxy groups -OCH3 is 2. The van der Waals surface area contributed by atoms with Crippen molar-refractivity contribution in [3.63, 3.8) is 0 Å². The number of benzene rings is 1. The fourth-order valence-electron chi connectivity index (χ4n) is 6.06. The van der Waals surface area contributed by atoms with Gasteiger partial charge in [0.25, 0.3) is 0 Å². The number of allylic oxidation sites excluding steroid dienone is 1. The van der Waals surface area contributed by atoms with Crippen molar-refractivity contribution in [1.82, 2.24) is 19.9 Å². The normalized spacial score (nSPS) is 21.9. The van der Waals surface area contributed by atoms with E-state index in [1.807, 2.05) is 30.2 Å². The lowest BCUT2D eigenvalue weighted by atomic mass is 9.82. The third kappa shape index (κ3) is 3.47. The molecule has 1 aromatic heterocycles. The molecule has 8 nitrogen and oxygen atoms in total. The van der Waals surface area contributed by atoms with Gasteiger partial charge < -0.3 is 18.9 Å². The molecule has 0 saturated carbocycles. The van der Waals surface area contributed by atoms with Crippen molar-refractivity contribution in [3.05, 3.63) is 52.6 Å². The van der Waals surface area contributed by atoms with E-state index in [-0.39, 0.29) is 17.5 Å². The van der Waals surface area contributed by atoms with Crippen molar-refractivity contribution in [2.24, 2.45) is 0 Å². The maximum Gasteiger partial charge on any atom is 0.325 e. The highest BCUT2D eigenvalue weighted by molar-refractivity contribution is 5.83. The SMILES string of the molecule is CCN1C(=O)N2Cc3cc(OC)cc(OC)c3[C@@H](C)C=C2C12CCN(Cc1cnoc1C)CC2. The molecule has 1 spiro atoms. The quantitative estimate of drug-likeness (QED) is 0.655. The Bertz CT molecular complexity index is 1120. The lowest BCUT2D eigenvalue weighted by Gasteiger charge is -2.44. The van der Waals surface area contributed by atoms with Crippen LogP contribution in [0.15, 0.2) is 34.6 Å². The second kappa shape index (κ2) is 8.65. The Labute approximate surface area is 201 Å². The number of fused-ring (bicyclic) bond motifs is 3. The first-order chi connectivity index (χ1) is 16.4. The zero-order chi connectivity index (χ0) is 24.0. The number of urea groups is 1. The van der Waals surface area contributed by atoms with Gasteiger partial charge in [-0.25, -0.2) is 4.79 Å². The minimum atomic E-state index is -0.278. The average molecular weight is 467 g/mol. The van der Waals surface area contributed by atoms with Gasteiger partial charge in [-0.05, 0) is 38.3 Å². The Morgan fingerprint density at radius 3 is 2.59 bits per heavy atom. The predicted molar refractivity (Wildman–Crippen MR) is 128 cm³/mol. The van der Waals surface area contributed by atoms with Crippen LogP contribution in [0.4, 0.5) is 4.79 Å². The molecule has 2 amide bonds. The first-order valence-corrected chi connectivity index (χ1v) is 12.1. The van der Waals surface area contributed by atoms with E-state index in [0.29, 0.717) is 13.1 Å². The van der Waals surface area contributed by atoms with Gasteiger partial charge in [0.1, 0.15) is 17.3 Å². The molecule has 5 rings (SSSR count).